The highest BCUT2D eigenvalue weighted by molar-refractivity contribution is 5.39. The Hall–Kier alpha value is -2.00. The first kappa shape index (κ1) is 14.0. The molecule has 0 saturated heterocycles. The normalized spacial score (nSPS) is 12.8. The smallest absolute Gasteiger partial charge is 0.122 e. The molecule has 0 aromatic heterocycles. The number of nitrogens with one attached hydrogen (secondary N) is 1. The molecule has 3 rings (SSSR count). The second-order valence-electron chi connectivity index (χ2n) is 5.20. The number of hydrogen-bond donors (Lipinski definition) is 1. The third kappa shape index (κ3) is 3.99. The van der Waals surface area contributed by atoms with Crippen LogP contribution in [0.1, 0.15) is 11.1 Å². The molecule has 21 heavy (non-hydrogen) atoms. The lowest BCUT2D eigenvalue weighted by Gasteiger charge is -2.08. The molecule has 0 bridgehead atoms. The van der Waals surface area contributed by atoms with Crippen LogP contribution < -0.4 is 14.8 Å². The van der Waals surface area contributed by atoms with Gasteiger partial charge in [0, 0.05) is 13.0 Å². The summed E-state index contributed by atoms with van der Waals surface area (Å²) in [5.74, 6) is 1.99. The maximum absolute atomic E-state index is 5.64. The molecule has 3 nitrogen and oxygen atoms in total. The summed E-state index contributed by atoms with van der Waals surface area (Å²) in [6.07, 6.45) is 2.08. The van der Waals surface area contributed by atoms with Crippen LogP contribution in [0.5, 0.6) is 11.5 Å². The van der Waals surface area contributed by atoms with Crippen molar-refractivity contribution in [3.8, 4) is 11.5 Å². The Kier molecular flexibility index (Phi) is 4.74. The Morgan fingerprint density at radius 1 is 1.05 bits per heavy atom. The van der Waals surface area contributed by atoms with Gasteiger partial charge in [-0.1, -0.05) is 30.3 Å². The van der Waals surface area contributed by atoms with E-state index in [0.29, 0.717) is 6.61 Å². The van der Waals surface area contributed by atoms with Crippen molar-refractivity contribution in [1.82, 2.24) is 5.32 Å². The molecule has 110 valence electrons. The monoisotopic (exact) mass is 283 g/mol. The third-order valence-electron chi connectivity index (χ3n) is 3.64. The number of para-hydroxylation sites is 1. The molecular formula is C18H21NO2. The van der Waals surface area contributed by atoms with Crippen molar-refractivity contribution in [2.45, 2.75) is 12.8 Å². The van der Waals surface area contributed by atoms with Crippen LogP contribution in [0.15, 0.2) is 48.5 Å². The predicted molar refractivity (Wildman–Crippen MR) is 84.2 cm³/mol. The van der Waals surface area contributed by atoms with E-state index in [-0.39, 0.29) is 0 Å². The zero-order chi connectivity index (χ0) is 14.3. The fourth-order valence-electron chi connectivity index (χ4n) is 2.51. The van der Waals surface area contributed by atoms with Crippen molar-refractivity contribution in [3.05, 3.63) is 59.7 Å². The number of hydrogen-bond acceptors (Lipinski definition) is 3. The van der Waals surface area contributed by atoms with E-state index in [0.717, 1.165) is 44.0 Å². The van der Waals surface area contributed by atoms with Gasteiger partial charge in [-0.2, -0.15) is 0 Å². The number of fused-ring (bicyclic) bond motifs is 1. The van der Waals surface area contributed by atoms with Gasteiger partial charge in [0.1, 0.15) is 18.1 Å². The van der Waals surface area contributed by atoms with Crippen LogP contribution in [0.3, 0.4) is 0 Å². The second kappa shape index (κ2) is 7.14. The lowest BCUT2D eigenvalue weighted by Crippen LogP contribution is -2.23. The van der Waals surface area contributed by atoms with E-state index >= 15 is 0 Å². The predicted octanol–water partition coefficient (Wildman–Crippen LogP) is 2.83. The first-order chi connectivity index (χ1) is 10.4. The zero-order valence-electron chi connectivity index (χ0n) is 12.2. The summed E-state index contributed by atoms with van der Waals surface area (Å²) in [7, 11) is 0. The van der Waals surface area contributed by atoms with E-state index in [1.165, 1.54) is 11.1 Å². The Bertz CT molecular complexity index is 569. The summed E-state index contributed by atoms with van der Waals surface area (Å²) in [4.78, 5) is 0. The van der Waals surface area contributed by atoms with Crippen LogP contribution >= 0.6 is 0 Å². The number of rotatable bonds is 7. The highest BCUT2D eigenvalue weighted by Crippen LogP contribution is 2.25. The molecule has 2 aromatic rings. The Labute approximate surface area is 125 Å². The molecule has 2 aromatic carbocycles. The molecule has 1 aliphatic rings. The van der Waals surface area contributed by atoms with Crippen molar-refractivity contribution >= 4 is 0 Å². The second-order valence-corrected chi connectivity index (χ2v) is 5.20. The van der Waals surface area contributed by atoms with E-state index in [4.69, 9.17) is 9.47 Å². The molecule has 1 aliphatic heterocycles. The van der Waals surface area contributed by atoms with Gasteiger partial charge in [0.25, 0.3) is 0 Å². The van der Waals surface area contributed by atoms with Gasteiger partial charge >= 0.3 is 0 Å². The van der Waals surface area contributed by atoms with Gasteiger partial charge in [-0.3, -0.25) is 0 Å². The summed E-state index contributed by atoms with van der Waals surface area (Å²) in [6, 6.07) is 16.4. The van der Waals surface area contributed by atoms with Crippen molar-refractivity contribution in [2.75, 3.05) is 26.3 Å². The summed E-state index contributed by atoms with van der Waals surface area (Å²) in [5.41, 5.74) is 2.72. The van der Waals surface area contributed by atoms with Gasteiger partial charge in [-0.15, -0.1) is 0 Å². The van der Waals surface area contributed by atoms with Crippen LogP contribution in [-0.2, 0) is 12.8 Å². The van der Waals surface area contributed by atoms with Crippen LogP contribution in [0.2, 0.25) is 0 Å². The molecule has 0 unspecified atom stereocenters. The maximum Gasteiger partial charge on any atom is 0.122 e. The SMILES string of the molecule is c1ccc(OCCNCCc2ccc3c(c2)CCO3)cc1. The average Bonchev–Trinajstić information content (AvgIpc) is 2.99. The van der Waals surface area contributed by atoms with E-state index in [2.05, 4.69) is 23.5 Å². The molecule has 0 saturated carbocycles. The summed E-state index contributed by atoms with van der Waals surface area (Å²) in [6.45, 7) is 3.36. The summed E-state index contributed by atoms with van der Waals surface area (Å²) >= 11 is 0. The van der Waals surface area contributed by atoms with Crippen LogP contribution in [0, 0.1) is 0 Å². The van der Waals surface area contributed by atoms with Gasteiger partial charge in [0.05, 0.1) is 6.61 Å². The summed E-state index contributed by atoms with van der Waals surface area (Å²) < 4.78 is 11.2. The van der Waals surface area contributed by atoms with E-state index in [9.17, 15) is 0 Å². The minimum Gasteiger partial charge on any atom is -0.493 e. The molecule has 0 radical (unpaired) electrons. The Morgan fingerprint density at radius 2 is 1.95 bits per heavy atom. The topological polar surface area (TPSA) is 30.5 Å². The Balaban J connectivity index is 1.33. The lowest BCUT2D eigenvalue weighted by atomic mass is 10.1. The quantitative estimate of drug-likeness (QED) is 0.793. The van der Waals surface area contributed by atoms with Crippen molar-refractivity contribution in [2.24, 2.45) is 0 Å². The standard InChI is InChI=1S/C18H21NO2/c1-2-4-17(5-3-1)20-13-11-19-10-8-15-6-7-18-16(14-15)9-12-21-18/h1-7,14,19H,8-13H2. The first-order valence-electron chi connectivity index (χ1n) is 7.55. The van der Waals surface area contributed by atoms with Crippen molar-refractivity contribution in [3.63, 3.8) is 0 Å². The van der Waals surface area contributed by atoms with E-state index < -0.39 is 0 Å². The van der Waals surface area contributed by atoms with Crippen molar-refractivity contribution in [1.29, 1.82) is 0 Å². The van der Waals surface area contributed by atoms with Gasteiger partial charge in [-0.25, -0.2) is 0 Å². The molecule has 0 atom stereocenters. The maximum atomic E-state index is 5.64. The van der Waals surface area contributed by atoms with E-state index in [1.807, 2.05) is 30.3 Å². The third-order valence-corrected chi connectivity index (χ3v) is 3.64. The van der Waals surface area contributed by atoms with Gasteiger partial charge in [-0.05, 0) is 42.3 Å². The molecule has 0 aliphatic carbocycles. The van der Waals surface area contributed by atoms with Crippen LogP contribution in [0.25, 0.3) is 0 Å². The number of benzene rings is 2. The molecule has 1 heterocycles. The van der Waals surface area contributed by atoms with Crippen molar-refractivity contribution < 1.29 is 9.47 Å². The van der Waals surface area contributed by atoms with Gasteiger partial charge in [0.2, 0.25) is 0 Å². The largest absolute Gasteiger partial charge is 0.493 e. The molecule has 3 heteroatoms. The van der Waals surface area contributed by atoms with Gasteiger partial charge in [0.15, 0.2) is 0 Å². The van der Waals surface area contributed by atoms with E-state index in [1.54, 1.807) is 0 Å². The average molecular weight is 283 g/mol. The molecule has 0 amide bonds. The Morgan fingerprint density at radius 3 is 2.86 bits per heavy atom. The molecule has 0 fully saturated rings. The molecular weight excluding hydrogens is 262 g/mol. The molecule has 0 spiro atoms. The zero-order valence-corrected chi connectivity index (χ0v) is 12.2. The summed E-state index contributed by atoms with van der Waals surface area (Å²) in [5, 5.41) is 3.42. The molecule has 1 N–H and O–H groups in total. The fraction of sp³-hybridized carbons (Fsp3) is 0.333. The number of ether oxygens (including phenoxy) is 2. The highest BCUT2D eigenvalue weighted by Gasteiger charge is 2.11. The fourth-order valence-corrected chi connectivity index (χ4v) is 2.51. The minimum atomic E-state index is 0.696. The highest BCUT2D eigenvalue weighted by atomic mass is 16.5. The lowest BCUT2D eigenvalue weighted by molar-refractivity contribution is 0.314. The van der Waals surface area contributed by atoms with Crippen LogP contribution in [0.4, 0.5) is 0 Å². The first-order valence-corrected chi connectivity index (χ1v) is 7.55. The van der Waals surface area contributed by atoms with Gasteiger partial charge < -0.3 is 14.8 Å². The van der Waals surface area contributed by atoms with Crippen LogP contribution in [-0.4, -0.2) is 26.3 Å². The minimum absolute atomic E-state index is 0.696.